The molecule has 3 aromatic rings. The van der Waals surface area contributed by atoms with Crippen molar-refractivity contribution in [1.29, 1.82) is 0 Å². The van der Waals surface area contributed by atoms with E-state index in [0.29, 0.717) is 26.0 Å². The van der Waals surface area contributed by atoms with Crippen LogP contribution in [0.1, 0.15) is 34.7 Å². The zero-order valence-corrected chi connectivity index (χ0v) is 18.5. The Bertz CT molecular complexity index is 1190. The summed E-state index contributed by atoms with van der Waals surface area (Å²) in [6.45, 7) is 1.05. The van der Waals surface area contributed by atoms with Crippen LogP contribution in [-0.2, 0) is 29.0 Å². The third kappa shape index (κ3) is 4.42. The van der Waals surface area contributed by atoms with E-state index in [1.807, 2.05) is 71.6 Å². The molecule has 1 unspecified atom stereocenters. The Morgan fingerprint density at radius 3 is 2.76 bits per heavy atom. The molecule has 0 aromatic heterocycles. The van der Waals surface area contributed by atoms with Gasteiger partial charge in [0.15, 0.2) is 0 Å². The van der Waals surface area contributed by atoms with Crippen molar-refractivity contribution in [2.45, 2.75) is 31.8 Å². The fraction of sp³-hybridized carbons (Fsp3) is 0.259. The van der Waals surface area contributed by atoms with Crippen LogP contribution in [0, 0.1) is 0 Å². The summed E-state index contributed by atoms with van der Waals surface area (Å²) in [7, 11) is 1.64. The Morgan fingerprint density at radius 2 is 1.94 bits per heavy atom. The van der Waals surface area contributed by atoms with Crippen molar-refractivity contribution >= 4 is 17.5 Å². The molecule has 6 nitrogen and oxygen atoms in total. The maximum Gasteiger partial charge on any atom is 0.228 e. The van der Waals surface area contributed by atoms with Gasteiger partial charge in [0.2, 0.25) is 11.8 Å². The molecular weight excluding hydrogens is 416 g/mol. The summed E-state index contributed by atoms with van der Waals surface area (Å²) in [6.07, 6.45) is 1.36. The van der Waals surface area contributed by atoms with Crippen molar-refractivity contribution in [2.75, 3.05) is 19.0 Å². The van der Waals surface area contributed by atoms with Crippen LogP contribution in [0.2, 0.25) is 0 Å². The zero-order chi connectivity index (χ0) is 22.8. The fourth-order valence-electron chi connectivity index (χ4n) is 4.61. The number of fused-ring (bicyclic) bond motifs is 2. The fourth-order valence-corrected chi connectivity index (χ4v) is 4.61. The molecular formula is C27H26N2O4. The van der Waals surface area contributed by atoms with E-state index >= 15 is 0 Å². The lowest BCUT2D eigenvalue weighted by atomic mass is 9.96. The molecule has 0 spiro atoms. The number of hydrogen-bond donors (Lipinski definition) is 1. The highest BCUT2D eigenvalue weighted by molar-refractivity contribution is 5.99. The predicted molar refractivity (Wildman–Crippen MR) is 125 cm³/mol. The molecule has 0 aliphatic carbocycles. The average Bonchev–Trinajstić information content (AvgIpc) is 3.21. The monoisotopic (exact) mass is 442 g/mol. The number of anilines is 1. The summed E-state index contributed by atoms with van der Waals surface area (Å²) in [5, 5.41) is 2.87. The molecule has 33 heavy (non-hydrogen) atoms. The summed E-state index contributed by atoms with van der Waals surface area (Å²) < 4.78 is 11.3. The van der Waals surface area contributed by atoms with E-state index in [-0.39, 0.29) is 24.3 Å². The maximum absolute atomic E-state index is 13.7. The molecule has 6 heteroatoms. The minimum absolute atomic E-state index is 0.00746. The Kier molecular flexibility index (Phi) is 5.73. The van der Waals surface area contributed by atoms with Crippen molar-refractivity contribution in [2.24, 2.45) is 0 Å². The molecule has 0 radical (unpaired) electrons. The molecule has 1 N–H and O–H groups in total. The lowest BCUT2D eigenvalue weighted by Crippen LogP contribution is -2.38. The minimum atomic E-state index is -0.120. The first-order valence-corrected chi connectivity index (χ1v) is 11.2. The Labute approximate surface area is 193 Å². The number of carbonyl (C=O) groups excluding carboxylic acids is 2. The average molecular weight is 443 g/mol. The largest absolute Gasteiger partial charge is 0.497 e. The van der Waals surface area contributed by atoms with Crippen molar-refractivity contribution in [1.82, 2.24) is 4.90 Å². The van der Waals surface area contributed by atoms with E-state index in [1.54, 1.807) is 7.11 Å². The van der Waals surface area contributed by atoms with Crippen molar-refractivity contribution in [3.63, 3.8) is 0 Å². The lowest BCUT2D eigenvalue weighted by Gasteiger charge is -2.36. The van der Waals surface area contributed by atoms with Gasteiger partial charge in [-0.1, -0.05) is 42.5 Å². The number of methoxy groups -OCH3 is 1. The van der Waals surface area contributed by atoms with Gasteiger partial charge in [0.05, 0.1) is 32.6 Å². The van der Waals surface area contributed by atoms with Gasteiger partial charge in [-0.2, -0.15) is 0 Å². The molecule has 0 saturated heterocycles. The van der Waals surface area contributed by atoms with Gasteiger partial charge in [-0.3, -0.25) is 9.59 Å². The Hall–Kier alpha value is -3.80. The SMILES string of the molecule is COc1ccc2c(c1)C(N(Cc1ccccc1)C(=O)Cc1ccc3c(c1)NC(=O)C3)CCO2. The molecule has 1 atom stereocenters. The molecule has 2 heterocycles. The molecule has 2 aliphatic rings. The van der Waals surface area contributed by atoms with Gasteiger partial charge in [0.25, 0.3) is 0 Å². The van der Waals surface area contributed by atoms with E-state index in [1.165, 1.54) is 0 Å². The topological polar surface area (TPSA) is 67.9 Å². The van der Waals surface area contributed by atoms with Crippen LogP contribution in [0.15, 0.2) is 66.7 Å². The third-order valence-corrected chi connectivity index (χ3v) is 6.27. The molecule has 0 bridgehead atoms. The number of nitrogens with zero attached hydrogens (tertiary/aromatic N) is 1. The van der Waals surface area contributed by atoms with E-state index in [9.17, 15) is 9.59 Å². The molecule has 5 rings (SSSR count). The molecule has 168 valence electrons. The smallest absolute Gasteiger partial charge is 0.228 e. The van der Waals surface area contributed by atoms with Crippen molar-refractivity contribution < 1.29 is 19.1 Å². The summed E-state index contributed by atoms with van der Waals surface area (Å²) in [4.78, 5) is 27.4. The number of nitrogens with one attached hydrogen (secondary N) is 1. The van der Waals surface area contributed by atoms with Gasteiger partial charge in [-0.15, -0.1) is 0 Å². The molecule has 3 aromatic carbocycles. The van der Waals surface area contributed by atoms with E-state index < -0.39 is 0 Å². The predicted octanol–water partition coefficient (Wildman–Crippen LogP) is 4.28. The summed E-state index contributed by atoms with van der Waals surface area (Å²) in [5.41, 5.74) is 4.70. The zero-order valence-electron chi connectivity index (χ0n) is 18.5. The van der Waals surface area contributed by atoms with Gasteiger partial charge >= 0.3 is 0 Å². The summed E-state index contributed by atoms with van der Waals surface area (Å²) in [6, 6.07) is 21.5. The molecule has 2 aliphatic heterocycles. The first-order chi connectivity index (χ1) is 16.1. The maximum atomic E-state index is 13.7. The highest BCUT2D eigenvalue weighted by Gasteiger charge is 2.31. The van der Waals surface area contributed by atoms with E-state index in [2.05, 4.69) is 5.32 Å². The Balaban J connectivity index is 1.46. The van der Waals surface area contributed by atoms with Crippen molar-refractivity contribution in [3.8, 4) is 11.5 Å². The van der Waals surface area contributed by atoms with Crippen LogP contribution in [-0.4, -0.2) is 30.4 Å². The molecule has 0 fully saturated rings. The second-order valence-corrected chi connectivity index (χ2v) is 8.46. The first-order valence-electron chi connectivity index (χ1n) is 11.2. The highest BCUT2D eigenvalue weighted by atomic mass is 16.5. The summed E-state index contributed by atoms with van der Waals surface area (Å²) >= 11 is 0. The second kappa shape index (κ2) is 8.98. The number of carbonyl (C=O) groups is 2. The van der Waals surface area contributed by atoms with Crippen LogP contribution < -0.4 is 14.8 Å². The van der Waals surface area contributed by atoms with E-state index in [0.717, 1.165) is 39.4 Å². The van der Waals surface area contributed by atoms with Gasteiger partial charge < -0.3 is 19.7 Å². The quantitative estimate of drug-likeness (QED) is 0.619. The third-order valence-electron chi connectivity index (χ3n) is 6.27. The Morgan fingerprint density at radius 1 is 1.09 bits per heavy atom. The van der Waals surface area contributed by atoms with Gasteiger partial charge in [0, 0.05) is 24.2 Å². The molecule has 2 amide bonds. The number of rotatable bonds is 6. The number of hydrogen-bond acceptors (Lipinski definition) is 4. The molecule has 0 saturated carbocycles. The van der Waals surface area contributed by atoms with Gasteiger partial charge in [-0.05, 0) is 41.0 Å². The van der Waals surface area contributed by atoms with Crippen LogP contribution >= 0.6 is 0 Å². The number of amides is 2. The minimum Gasteiger partial charge on any atom is -0.497 e. The standard InChI is InChI=1S/C27H26N2O4/c1-32-21-9-10-25-22(16-21)24(11-12-33-25)29(17-18-5-3-2-4-6-18)27(31)14-19-7-8-20-15-26(30)28-23(20)13-19/h2-10,13,16,24H,11-12,14-15,17H2,1H3,(H,28,30). The first kappa shape index (κ1) is 21.1. The van der Waals surface area contributed by atoms with Crippen molar-refractivity contribution in [3.05, 3.63) is 89.0 Å². The van der Waals surface area contributed by atoms with E-state index in [4.69, 9.17) is 9.47 Å². The number of benzene rings is 3. The lowest BCUT2D eigenvalue weighted by molar-refractivity contribution is -0.134. The van der Waals surface area contributed by atoms with Gasteiger partial charge in [0.1, 0.15) is 11.5 Å². The van der Waals surface area contributed by atoms with Crippen LogP contribution in [0.5, 0.6) is 11.5 Å². The van der Waals surface area contributed by atoms with Crippen LogP contribution in [0.3, 0.4) is 0 Å². The normalized spacial score (nSPS) is 16.3. The van der Waals surface area contributed by atoms with Gasteiger partial charge in [-0.25, -0.2) is 0 Å². The highest BCUT2D eigenvalue weighted by Crippen LogP contribution is 2.39. The number of ether oxygens (including phenoxy) is 2. The van der Waals surface area contributed by atoms with Crippen LogP contribution in [0.4, 0.5) is 5.69 Å². The summed E-state index contributed by atoms with van der Waals surface area (Å²) in [5.74, 6) is 1.56. The second-order valence-electron chi connectivity index (χ2n) is 8.46. The van der Waals surface area contributed by atoms with Crippen LogP contribution in [0.25, 0.3) is 0 Å².